The lowest BCUT2D eigenvalue weighted by molar-refractivity contribution is -0.142. The molecule has 0 saturated heterocycles. The second-order valence-corrected chi connectivity index (χ2v) is 6.80. The maximum absolute atomic E-state index is 13.5. The molecule has 1 N–H and O–H groups in total. The molecule has 3 aromatic rings. The molecule has 1 amide bonds. The quantitative estimate of drug-likeness (QED) is 0.711. The number of anilines is 1. The smallest absolute Gasteiger partial charge is 0.289 e. The van der Waals surface area contributed by atoms with Crippen molar-refractivity contribution in [1.82, 2.24) is 19.7 Å². The van der Waals surface area contributed by atoms with Crippen molar-refractivity contribution in [2.45, 2.75) is 31.9 Å². The first kappa shape index (κ1) is 19.0. The Hall–Kier alpha value is -3.30. The van der Waals surface area contributed by atoms with Crippen LogP contribution in [0, 0.1) is 0 Å². The van der Waals surface area contributed by atoms with Gasteiger partial charge in [0.2, 0.25) is 5.95 Å². The van der Waals surface area contributed by atoms with Gasteiger partial charge in [0.25, 0.3) is 11.5 Å². The highest BCUT2D eigenvalue weighted by atomic mass is 19.4. The Morgan fingerprint density at radius 1 is 1.10 bits per heavy atom. The van der Waals surface area contributed by atoms with Gasteiger partial charge < -0.3 is 0 Å². The Balaban J connectivity index is 1.78. The topological polar surface area (TPSA) is 89.8 Å². The van der Waals surface area contributed by atoms with Gasteiger partial charge >= 0.3 is 6.18 Å². The van der Waals surface area contributed by atoms with Crippen LogP contribution in [-0.4, -0.2) is 25.7 Å². The number of fused-ring (bicyclic) bond motifs is 2. The molecule has 2 heterocycles. The van der Waals surface area contributed by atoms with E-state index in [1.165, 1.54) is 7.05 Å². The van der Waals surface area contributed by atoms with Gasteiger partial charge in [-0.25, -0.2) is 14.6 Å². The van der Waals surface area contributed by atoms with E-state index in [2.05, 4.69) is 20.4 Å². The monoisotopic (exact) mass is 403 g/mol. The van der Waals surface area contributed by atoms with Crippen molar-refractivity contribution >= 4 is 22.6 Å². The minimum Gasteiger partial charge on any atom is -0.289 e. The van der Waals surface area contributed by atoms with Crippen LogP contribution in [0.2, 0.25) is 0 Å². The molecule has 1 aliphatic rings. The largest absolute Gasteiger partial charge is 0.433 e. The zero-order valence-electron chi connectivity index (χ0n) is 15.4. The van der Waals surface area contributed by atoms with E-state index in [4.69, 9.17) is 0 Å². The minimum absolute atomic E-state index is 0.0902. The van der Waals surface area contributed by atoms with Gasteiger partial charge in [-0.2, -0.15) is 18.3 Å². The third-order valence-electron chi connectivity index (χ3n) is 4.85. The zero-order chi connectivity index (χ0) is 20.8. The van der Waals surface area contributed by atoms with Crippen LogP contribution in [-0.2, 0) is 26.1 Å². The van der Waals surface area contributed by atoms with Gasteiger partial charge in [-0.15, -0.1) is 0 Å². The predicted molar refractivity (Wildman–Crippen MR) is 98.6 cm³/mol. The van der Waals surface area contributed by atoms with Crippen LogP contribution < -0.4 is 10.9 Å². The molecule has 29 heavy (non-hydrogen) atoms. The first-order valence-corrected chi connectivity index (χ1v) is 9.00. The molecule has 0 atom stereocenters. The van der Waals surface area contributed by atoms with E-state index in [9.17, 15) is 22.8 Å². The zero-order valence-corrected chi connectivity index (χ0v) is 15.4. The van der Waals surface area contributed by atoms with E-state index < -0.39 is 23.7 Å². The normalized spacial score (nSPS) is 13.9. The fourth-order valence-corrected chi connectivity index (χ4v) is 3.51. The summed E-state index contributed by atoms with van der Waals surface area (Å²) in [6.45, 7) is 0. The van der Waals surface area contributed by atoms with Gasteiger partial charge in [-0.1, -0.05) is 18.2 Å². The average molecular weight is 403 g/mol. The molecular weight excluding hydrogens is 387 g/mol. The Kier molecular flexibility index (Phi) is 4.56. The SMILES string of the molecule is Cn1nc(C(=O)Nc2nc3c(c(C(F)(F)F)n2)CCCC3)c2ccccc2c1=O. The van der Waals surface area contributed by atoms with Crippen molar-refractivity contribution in [2.75, 3.05) is 5.32 Å². The third-order valence-corrected chi connectivity index (χ3v) is 4.85. The summed E-state index contributed by atoms with van der Waals surface area (Å²) in [6.07, 6.45) is -2.64. The molecule has 1 aliphatic carbocycles. The summed E-state index contributed by atoms with van der Waals surface area (Å²) in [5.41, 5.74) is -1.12. The van der Waals surface area contributed by atoms with Crippen LogP contribution in [0.25, 0.3) is 10.8 Å². The minimum atomic E-state index is -4.65. The molecule has 2 aromatic heterocycles. The second kappa shape index (κ2) is 6.94. The first-order valence-electron chi connectivity index (χ1n) is 9.00. The van der Waals surface area contributed by atoms with Crippen LogP contribution in [0.3, 0.4) is 0 Å². The molecule has 0 spiro atoms. The highest BCUT2D eigenvalue weighted by Crippen LogP contribution is 2.35. The van der Waals surface area contributed by atoms with E-state index in [0.717, 1.165) is 11.1 Å². The molecule has 1 aromatic carbocycles. The molecule has 0 saturated carbocycles. The summed E-state index contributed by atoms with van der Waals surface area (Å²) in [6, 6.07) is 6.38. The summed E-state index contributed by atoms with van der Waals surface area (Å²) in [5, 5.41) is 6.86. The van der Waals surface area contributed by atoms with E-state index >= 15 is 0 Å². The van der Waals surface area contributed by atoms with Crippen molar-refractivity contribution in [3.8, 4) is 0 Å². The van der Waals surface area contributed by atoms with Crippen molar-refractivity contribution in [2.24, 2.45) is 7.05 Å². The third kappa shape index (κ3) is 3.45. The molecule has 0 bridgehead atoms. The number of nitrogens with one attached hydrogen (secondary N) is 1. The van der Waals surface area contributed by atoms with E-state index in [1.807, 2.05) is 0 Å². The standard InChI is InChI=1S/C19H16F3N5O2/c1-27-17(29)11-7-3-2-6-10(11)14(26-27)16(28)25-18-23-13-9-5-4-8-12(13)15(24-18)19(20,21)22/h2-3,6-7H,4-5,8-9H2,1H3,(H,23,24,25,28). The molecule has 0 aliphatic heterocycles. The molecule has 4 rings (SSSR count). The first-order chi connectivity index (χ1) is 13.8. The molecule has 0 unspecified atom stereocenters. The number of alkyl halides is 3. The van der Waals surface area contributed by atoms with Gasteiger partial charge in [0.1, 0.15) is 0 Å². The molecule has 10 heteroatoms. The average Bonchev–Trinajstić information content (AvgIpc) is 2.69. The summed E-state index contributed by atoms with van der Waals surface area (Å²) in [7, 11) is 1.39. The number of benzene rings is 1. The highest BCUT2D eigenvalue weighted by molar-refractivity contribution is 6.10. The Morgan fingerprint density at radius 3 is 2.52 bits per heavy atom. The Morgan fingerprint density at radius 2 is 1.79 bits per heavy atom. The van der Waals surface area contributed by atoms with Gasteiger partial charge in [0, 0.05) is 23.7 Å². The van der Waals surface area contributed by atoms with Crippen molar-refractivity contribution in [1.29, 1.82) is 0 Å². The van der Waals surface area contributed by atoms with E-state index in [1.54, 1.807) is 24.3 Å². The van der Waals surface area contributed by atoms with Crippen LogP contribution in [0.1, 0.15) is 40.3 Å². The predicted octanol–water partition coefficient (Wildman–Crippen LogP) is 2.87. The van der Waals surface area contributed by atoms with Crippen LogP contribution >= 0.6 is 0 Å². The lowest BCUT2D eigenvalue weighted by Crippen LogP contribution is -2.27. The van der Waals surface area contributed by atoms with Gasteiger partial charge in [-0.3, -0.25) is 14.9 Å². The number of nitrogens with zero attached hydrogens (tertiary/aromatic N) is 4. The summed E-state index contributed by atoms with van der Waals surface area (Å²) >= 11 is 0. The maximum Gasteiger partial charge on any atom is 0.433 e. The fraction of sp³-hybridized carbons (Fsp3) is 0.316. The fourth-order valence-electron chi connectivity index (χ4n) is 3.51. The number of halogens is 3. The lowest BCUT2D eigenvalue weighted by Gasteiger charge is -2.20. The van der Waals surface area contributed by atoms with E-state index in [-0.39, 0.29) is 28.6 Å². The van der Waals surface area contributed by atoms with Crippen molar-refractivity contribution in [3.05, 3.63) is 57.3 Å². The maximum atomic E-state index is 13.5. The van der Waals surface area contributed by atoms with Crippen LogP contribution in [0.5, 0.6) is 0 Å². The number of aromatic nitrogens is 4. The summed E-state index contributed by atoms with van der Waals surface area (Å²) in [5.74, 6) is -1.22. The molecule has 0 radical (unpaired) electrons. The number of aryl methyl sites for hydroxylation is 2. The number of amides is 1. The number of rotatable bonds is 2. The van der Waals surface area contributed by atoms with E-state index in [0.29, 0.717) is 23.9 Å². The van der Waals surface area contributed by atoms with Crippen molar-refractivity contribution < 1.29 is 18.0 Å². The molecule has 7 nitrogen and oxygen atoms in total. The van der Waals surface area contributed by atoms with Crippen LogP contribution in [0.15, 0.2) is 29.1 Å². The number of hydrogen-bond acceptors (Lipinski definition) is 5. The van der Waals surface area contributed by atoms with Crippen molar-refractivity contribution in [3.63, 3.8) is 0 Å². The summed E-state index contributed by atoms with van der Waals surface area (Å²) < 4.78 is 41.4. The van der Waals surface area contributed by atoms with Gasteiger partial charge in [0.15, 0.2) is 11.4 Å². The highest BCUT2D eigenvalue weighted by Gasteiger charge is 2.38. The van der Waals surface area contributed by atoms with Crippen LogP contribution in [0.4, 0.5) is 19.1 Å². The Labute approximate surface area is 162 Å². The lowest BCUT2D eigenvalue weighted by atomic mass is 9.94. The second-order valence-electron chi connectivity index (χ2n) is 6.80. The molecular formula is C19H16F3N5O2. The number of carbonyl (C=O) groups is 1. The number of hydrogen-bond donors (Lipinski definition) is 1. The molecule has 0 fully saturated rings. The summed E-state index contributed by atoms with van der Waals surface area (Å²) in [4.78, 5) is 32.7. The number of carbonyl (C=O) groups excluding carboxylic acids is 1. The van der Waals surface area contributed by atoms with Gasteiger partial charge in [-0.05, 0) is 31.7 Å². The molecule has 150 valence electrons. The Bertz CT molecular complexity index is 1190. The van der Waals surface area contributed by atoms with Gasteiger partial charge in [0.05, 0.1) is 5.39 Å².